The average molecular weight is 354 g/mol. The van der Waals surface area contributed by atoms with E-state index in [0.29, 0.717) is 29.7 Å². The van der Waals surface area contributed by atoms with Gasteiger partial charge in [-0.15, -0.1) is 0 Å². The predicted octanol–water partition coefficient (Wildman–Crippen LogP) is 1.32. The Balaban J connectivity index is 1.85. The SMILES string of the molecule is N#CCC(=O)N1CCC[C@@H](Oc2ccnc3cc(C(N)=O)c(O)cc23)C1. The number of benzene rings is 1. The number of primary amides is 1. The van der Waals surface area contributed by atoms with Gasteiger partial charge in [-0.3, -0.25) is 14.6 Å². The molecular formula is C18H18N4O4. The summed E-state index contributed by atoms with van der Waals surface area (Å²) in [6.07, 6.45) is 2.72. The molecule has 2 heterocycles. The lowest BCUT2D eigenvalue weighted by atomic mass is 10.1. The van der Waals surface area contributed by atoms with Crippen molar-refractivity contribution in [3.8, 4) is 17.6 Å². The van der Waals surface area contributed by atoms with Crippen molar-refractivity contribution in [2.24, 2.45) is 5.73 Å². The normalized spacial score (nSPS) is 16.9. The van der Waals surface area contributed by atoms with Crippen LogP contribution in [0.1, 0.15) is 29.6 Å². The molecular weight excluding hydrogens is 336 g/mol. The Morgan fingerprint density at radius 1 is 1.46 bits per heavy atom. The second-order valence-corrected chi connectivity index (χ2v) is 6.12. The Morgan fingerprint density at radius 3 is 3.00 bits per heavy atom. The van der Waals surface area contributed by atoms with Gasteiger partial charge in [-0.25, -0.2) is 0 Å². The number of carbonyl (C=O) groups is 2. The van der Waals surface area contributed by atoms with Crippen LogP contribution in [0.4, 0.5) is 0 Å². The number of nitriles is 1. The third-order valence-corrected chi connectivity index (χ3v) is 4.34. The number of carbonyl (C=O) groups excluding carboxylic acids is 2. The minimum Gasteiger partial charge on any atom is -0.507 e. The van der Waals surface area contributed by atoms with Crippen LogP contribution >= 0.6 is 0 Å². The molecule has 8 heteroatoms. The van der Waals surface area contributed by atoms with E-state index in [9.17, 15) is 14.7 Å². The summed E-state index contributed by atoms with van der Waals surface area (Å²) in [5.41, 5.74) is 5.71. The summed E-state index contributed by atoms with van der Waals surface area (Å²) in [7, 11) is 0. The molecule has 1 aliphatic rings. The lowest BCUT2D eigenvalue weighted by molar-refractivity contribution is -0.132. The predicted molar refractivity (Wildman–Crippen MR) is 92.4 cm³/mol. The van der Waals surface area contributed by atoms with E-state index in [1.165, 1.54) is 12.1 Å². The maximum Gasteiger partial charge on any atom is 0.252 e. The number of aromatic hydroxyl groups is 1. The molecule has 0 aliphatic carbocycles. The van der Waals surface area contributed by atoms with E-state index in [4.69, 9.17) is 15.7 Å². The first-order valence-corrected chi connectivity index (χ1v) is 8.22. The number of fused-ring (bicyclic) bond motifs is 1. The summed E-state index contributed by atoms with van der Waals surface area (Å²) in [6, 6.07) is 6.36. The molecule has 1 saturated heterocycles. The van der Waals surface area contributed by atoms with Crippen molar-refractivity contribution in [2.75, 3.05) is 13.1 Å². The molecule has 3 rings (SSSR count). The Morgan fingerprint density at radius 2 is 2.27 bits per heavy atom. The first-order chi connectivity index (χ1) is 12.5. The van der Waals surface area contributed by atoms with Crippen molar-refractivity contribution in [3.63, 3.8) is 0 Å². The smallest absolute Gasteiger partial charge is 0.252 e. The van der Waals surface area contributed by atoms with E-state index in [-0.39, 0.29) is 29.7 Å². The highest BCUT2D eigenvalue weighted by atomic mass is 16.5. The van der Waals surface area contributed by atoms with Crippen LogP contribution in [-0.4, -0.2) is 46.0 Å². The van der Waals surface area contributed by atoms with Crippen LogP contribution in [-0.2, 0) is 4.79 Å². The van der Waals surface area contributed by atoms with Gasteiger partial charge in [-0.1, -0.05) is 0 Å². The van der Waals surface area contributed by atoms with Crippen LogP contribution in [0, 0.1) is 11.3 Å². The number of hydrogen-bond donors (Lipinski definition) is 2. The lowest BCUT2D eigenvalue weighted by Crippen LogP contribution is -2.44. The minimum atomic E-state index is -0.739. The van der Waals surface area contributed by atoms with Gasteiger partial charge < -0.3 is 20.5 Å². The fourth-order valence-corrected chi connectivity index (χ4v) is 3.08. The molecule has 0 radical (unpaired) electrons. The molecule has 0 spiro atoms. The van der Waals surface area contributed by atoms with Crippen molar-refractivity contribution in [3.05, 3.63) is 30.0 Å². The molecule has 2 amide bonds. The molecule has 0 saturated carbocycles. The summed E-state index contributed by atoms with van der Waals surface area (Å²) in [6.45, 7) is 1.01. The molecule has 1 aromatic heterocycles. The fourth-order valence-electron chi connectivity index (χ4n) is 3.08. The number of amides is 2. The number of likely N-dealkylation sites (tertiary alicyclic amines) is 1. The van der Waals surface area contributed by atoms with Gasteiger partial charge in [0.1, 0.15) is 24.0 Å². The zero-order valence-electron chi connectivity index (χ0n) is 14.0. The molecule has 1 aromatic carbocycles. The number of ether oxygens (including phenoxy) is 1. The minimum absolute atomic E-state index is 0.00640. The third-order valence-electron chi connectivity index (χ3n) is 4.34. The number of piperidine rings is 1. The quantitative estimate of drug-likeness (QED) is 0.852. The largest absolute Gasteiger partial charge is 0.507 e. The van der Waals surface area contributed by atoms with Gasteiger partial charge in [0.05, 0.1) is 23.7 Å². The van der Waals surface area contributed by atoms with E-state index in [1.807, 2.05) is 6.07 Å². The first kappa shape index (κ1) is 17.5. The van der Waals surface area contributed by atoms with Crippen molar-refractivity contribution < 1.29 is 19.4 Å². The topological polar surface area (TPSA) is 130 Å². The van der Waals surface area contributed by atoms with E-state index in [0.717, 1.165) is 12.8 Å². The van der Waals surface area contributed by atoms with Crippen LogP contribution < -0.4 is 10.5 Å². The molecule has 0 bridgehead atoms. The van der Waals surface area contributed by atoms with Gasteiger partial charge >= 0.3 is 0 Å². The van der Waals surface area contributed by atoms with Gasteiger partial charge in [-0.05, 0) is 31.0 Å². The van der Waals surface area contributed by atoms with Gasteiger partial charge in [0.25, 0.3) is 5.91 Å². The Kier molecular flexibility index (Phi) is 4.89. The Bertz CT molecular complexity index is 906. The monoisotopic (exact) mass is 354 g/mol. The summed E-state index contributed by atoms with van der Waals surface area (Å²) >= 11 is 0. The summed E-state index contributed by atoms with van der Waals surface area (Å²) in [5.74, 6) is -0.682. The third kappa shape index (κ3) is 3.52. The molecule has 3 N–H and O–H groups in total. The van der Waals surface area contributed by atoms with Gasteiger partial charge in [0, 0.05) is 18.1 Å². The number of hydrogen-bond acceptors (Lipinski definition) is 6. The van der Waals surface area contributed by atoms with Crippen molar-refractivity contribution in [1.82, 2.24) is 9.88 Å². The average Bonchev–Trinajstić information content (AvgIpc) is 2.62. The Labute approximate surface area is 149 Å². The second kappa shape index (κ2) is 7.27. The van der Waals surface area contributed by atoms with E-state index >= 15 is 0 Å². The fraction of sp³-hybridized carbons (Fsp3) is 0.333. The Hall–Kier alpha value is -3.34. The highest BCUT2D eigenvalue weighted by Crippen LogP contribution is 2.31. The van der Waals surface area contributed by atoms with Crippen molar-refractivity contribution in [1.29, 1.82) is 5.26 Å². The zero-order valence-corrected chi connectivity index (χ0v) is 14.0. The van der Waals surface area contributed by atoms with E-state index in [1.54, 1.807) is 17.2 Å². The number of nitrogens with zero attached hydrogens (tertiary/aromatic N) is 3. The number of nitrogens with two attached hydrogens (primary N) is 1. The number of aromatic nitrogens is 1. The summed E-state index contributed by atoms with van der Waals surface area (Å²) < 4.78 is 6.04. The molecule has 134 valence electrons. The molecule has 26 heavy (non-hydrogen) atoms. The summed E-state index contributed by atoms with van der Waals surface area (Å²) in [5, 5.41) is 19.2. The van der Waals surface area contributed by atoms with Crippen LogP contribution in [0.3, 0.4) is 0 Å². The number of rotatable bonds is 4. The summed E-state index contributed by atoms with van der Waals surface area (Å²) in [4.78, 5) is 29.1. The molecule has 1 aliphatic heterocycles. The van der Waals surface area contributed by atoms with Crippen molar-refractivity contribution in [2.45, 2.75) is 25.4 Å². The molecule has 1 atom stereocenters. The maximum absolute atomic E-state index is 11.9. The van der Waals surface area contributed by atoms with Crippen LogP contribution in [0.15, 0.2) is 24.4 Å². The van der Waals surface area contributed by atoms with E-state index < -0.39 is 5.91 Å². The molecule has 8 nitrogen and oxygen atoms in total. The van der Waals surface area contributed by atoms with Crippen LogP contribution in [0.25, 0.3) is 10.9 Å². The first-order valence-electron chi connectivity index (χ1n) is 8.22. The number of pyridine rings is 1. The number of phenols is 1. The zero-order chi connectivity index (χ0) is 18.7. The maximum atomic E-state index is 11.9. The van der Waals surface area contributed by atoms with Crippen LogP contribution in [0.2, 0.25) is 0 Å². The van der Waals surface area contributed by atoms with Gasteiger partial charge in [0.2, 0.25) is 5.91 Å². The standard InChI is InChI=1S/C18H18N4O4/c19-5-3-17(24)22-7-1-2-11(10-22)26-16-4-6-21-14-8-13(18(20)25)15(23)9-12(14)16/h4,6,8-9,11,23H,1-3,7,10H2,(H2,20,25)/t11-/m1/s1. The molecule has 2 aromatic rings. The van der Waals surface area contributed by atoms with E-state index in [2.05, 4.69) is 4.98 Å². The highest BCUT2D eigenvalue weighted by Gasteiger charge is 2.25. The van der Waals surface area contributed by atoms with Crippen LogP contribution in [0.5, 0.6) is 11.5 Å². The molecule has 1 fully saturated rings. The highest BCUT2D eigenvalue weighted by molar-refractivity contribution is 6.00. The lowest BCUT2D eigenvalue weighted by Gasteiger charge is -2.32. The van der Waals surface area contributed by atoms with Gasteiger partial charge in [-0.2, -0.15) is 5.26 Å². The van der Waals surface area contributed by atoms with Gasteiger partial charge in [0.15, 0.2) is 0 Å². The second-order valence-electron chi connectivity index (χ2n) is 6.12. The molecule has 0 unspecified atom stereocenters. The van der Waals surface area contributed by atoms with Crippen molar-refractivity contribution >= 4 is 22.7 Å².